The van der Waals surface area contributed by atoms with Crippen LogP contribution in [-0.2, 0) is 24.7 Å². The van der Waals surface area contributed by atoms with Gasteiger partial charge >= 0.3 is 24.7 Å². The van der Waals surface area contributed by atoms with Crippen LogP contribution in [-0.4, -0.2) is 0 Å². The summed E-state index contributed by atoms with van der Waals surface area (Å²) >= 11 is 0. The van der Waals surface area contributed by atoms with Crippen molar-refractivity contribution in [1.29, 1.82) is 21.0 Å². The van der Waals surface area contributed by atoms with Gasteiger partial charge in [-0.25, -0.2) is 0 Å². The third-order valence-electron chi connectivity index (χ3n) is 9.12. The molecule has 0 aliphatic heterocycles. The van der Waals surface area contributed by atoms with Gasteiger partial charge in [0.1, 0.15) is 57.8 Å². The largest absolute Gasteiger partial charge is 0.455 e. The molecule has 0 unspecified atom stereocenters. The van der Waals surface area contributed by atoms with Crippen molar-refractivity contribution in [3.8, 4) is 46.5 Å². The number of alkyl halides is 12. The molecule has 7 aromatic rings. The molecule has 2 heterocycles. The van der Waals surface area contributed by atoms with E-state index in [9.17, 15) is 73.7 Å². The molecule has 58 heavy (non-hydrogen) atoms. The number of hydrogen-bond donors (Lipinski definition) is 0. The van der Waals surface area contributed by atoms with Crippen LogP contribution in [0.2, 0.25) is 0 Å². The number of nitriles is 4. The van der Waals surface area contributed by atoms with Gasteiger partial charge in [-0.2, -0.15) is 73.7 Å². The molecule has 0 saturated heterocycles. The first-order chi connectivity index (χ1) is 27.1. The van der Waals surface area contributed by atoms with E-state index in [2.05, 4.69) is 0 Å². The SMILES string of the molecule is N#CC(C#N)=c1c2oc3cc(-c4cc(C(F)(F)F)cc(C(F)(F)F)c4)ccc3c2c(=C(C#N)C#N)c2oc3cc(-c4cc(C(F)(F)F)cc(C(F)(F)F)c4)ccc3c12. The zero-order valence-corrected chi connectivity index (χ0v) is 28.1. The monoisotopic (exact) mass is 808 g/mol. The van der Waals surface area contributed by atoms with Gasteiger partial charge in [0.15, 0.2) is 0 Å². The lowest BCUT2D eigenvalue weighted by Gasteiger charge is -2.14. The Kier molecular flexibility index (Phi) is 8.75. The first-order valence-corrected chi connectivity index (χ1v) is 15.9. The van der Waals surface area contributed by atoms with Crippen molar-refractivity contribution in [2.45, 2.75) is 24.7 Å². The van der Waals surface area contributed by atoms with Crippen LogP contribution in [0.1, 0.15) is 22.3 Å². The molecule has 0 saturated carbocycles. The highest BCUT2D eigenvalue weighted by Crippen LogP contribution is 2.42. The summed E-state index contributed by atoms with van der Waals surface area (Å²) in [6.07, 6.45) is -20.7. The molecule has 0 radical (unpaired) electrons. The topological polar surface area (TPSA) is 121 Å². The Morgan fingerprint density at radius 3 is 0.948 bits per heavy atom. The molecule has 0 spiro atoms. The average Bonchev–Trinajstić information content (AvgIpc) is 3.72. The molecule has 0 aliphatic carbocycles. The van der Waals surface area contributed by atoms with Gasteiger partial charge in [0.25, 0.3) is 0 Å². The summed E-state index contributed by atoms with van der Waals surface area (Å²) in [5.74, 6) is 0. The van der Waals surface area contributed by atoms with Gasteiger partial charge in [-0.3, -0.25) is 0 Å². The Bertz CT molecular complexity index is 2910. The highest BCUT2D eigenvalue weighted by atomic mass is 19.4. The minimum Gasteiger partial charge on any atom is -0.455 e. The van der Waals surface area contributed by atoms with Crippen LogP contribution in [0.25, 0.3) is 77.3 Å². The lowest BCUT2D eigenvalue weighted by Crippen LogP contribution is -2.16. The van der Waals surface area contributed by atoms with Crippen LogP contribution in [0.4, 0.5) is 52.7 Å². The molecular weight excluding hydrogens is 796 g/mol. The summed E-state index contributed by atoms with van der Waals surface area (Å²) in [6.45, 7) is 0. The second kappa shape index (κ2) is 13.1. The van der Waals surface area contributed by atoms with E-state index in [0.29, 0.717) is 24.3 Å². The number of benzene rings is 5. The average molecular weight is 809 g/mol. The standard InChI is InChI=1S/C40H12F12N4O2/c41-37(42,43)23-5-19(6-24(11-23)38(44,45)46)17-1-3-27-29(9-17)57-35-32(22(15-55)16-56)34-28-4-2-18(10-30(28)58-36(34)31(33(27)35)21(13-53)14-54)20-7-25(39(47,48)49)12-26(8-20)40(50,51)52/h1-12H. The van der Waals surface area contributed by atoms with Gasteiger partial charge in [-0.15, -0.1) is 0 Å². The van der Waals surface area contributed by atoms with Gasteiger partial charge in [0.2, 0.25) is 0 Å². The number of nitrogens with zero attached hydrogens (tertiary/aromatic N) is 4. The normalized spacial score (nSPS) is 12.4. The van der Waals surface area contributed by atoms with Gasteiger partial charge in [0, 0.05) is 21.5 Å². The van der Waals surface area contributed by atoms with Gasteiger partial charge < -0.3 is 8.83 Å². The lowest BCUT2D eigenvalue weighted by atomic mass is 9.95. The molecule has 0 aliphatic rings. The number of furan rings is 2. The Hall–Kier alpha value is -7.44. The first-order valence-electron chi connectivity index (χ1n) is 15.9. The van der Waals surface area contributed by atoms with E-state index in [0.717, 1.165) is 24.3 Å². The van der Waals surface area contributed by atoms with Crippen molar-refractivity contribution in [1.82, 2.24) is 0 Å². The van der Waals surface area contributed by atoms with Crippen molar-refractivity contribution in [2.75, 3.05) is 0 Å². The van der Waals surface area contributed by atoms with Crippen molar-refractivity contribution < 1.29 is 61.5 Å². The fourth-order valence-corrected chi connectivity index (χ4v) is 6.62. The summed E-state index contributed by atoms with van der Waals surface area (Å²) in [4.78, 5) is 0. The molecule has 2 aromatic heterocycles. The second-order valence-corrected chi connectivity index (χ2v) is 12.6. The zero-order valence-electron chi connectivity index (χ0n) is 28.1. The maximum atomic E-state index is 13.7. The third-order valence-corrected chi connectivity index (χ3v) is 9.12. The zero-order chi connectivity index (χ0) is 42.3. The van der Waals surface area contributed by atoms with Crippen LogP contribution < -0.4 is 10.4 Å². The third kappa shape index (κ3) is 6.44. The van der Waals surface area contributed by atoms with E-state index in [-0.39, 0.29) is 77.6 Å². The first kappa shape index (κ1) is 38.8. The molecule has 0 amide bonds. The minimum absolute atomic E-state index is 0.0251. The van der Waals surface area contributed by atoms with Crippen LogP contribution in [0.15, 0.2) is 81.6 Å². The van der Waals surface area contributed by atoms with E-state index in [4.69, 9.17) is 8.83 Å². The van der Waals surface area contributed by atoms with E-state index < -0.39 is 69.2 Å². The van der Waals surface area contributed by atoms with Crippen LogP contribution in [0.5, 0.6) is 0 Å². The molecular formula is C40H12F12N4O2. The summed E-state index contributed by atoms with van der Waals surface area (Å²) in [5, 5.41) is 39.2. The Labute approximate surface area is 314 Å². The Morgan fingerprint density at radius 2 is 0.690 bits per heavy atom. The van der Waals surface area contributed by atoms with E-state index >= 15 is 0 Å². The van der Waals surface area contributed by atoms with Crippen molar-refractivity contribution >= 4 is 55.0 Å². The Balaban J connectivity index is 1.60. The summed E-state index contributed by atoms with van der Waals surface area (Å²) in [5.41, 5.74) is -10.5. The van der Waals surface area contributed by atoms with Crippen LogP contribution >= 0.6 is 0 Å². The maximum absolute atomic E-state index is 13.7. The molecule has 0 N–H and O–H groups in total. The number of halogens is 12. The van der Waals surface area contributed by atoms with Crippen molar-refractivity contribution in [3.63, 3.8) is 0 Å². The lowest BCUT2D eigenvalue weighted by molar-refractivity contribution is -0.144. The fraction of sp³-hybridized carbons (Fsp3) is 0.100. The molecule has 0 fully saturated rings. The predicted octanol–water partition coefficient (Wildman–Crippen LogP) is 11.3. The van der Waals surface area contributed by atoms with Crippen molar-refractivity contribution in [2.24, 2.45) is 0 Å². The van der Waals surface area contributed by atoms with Gasteiger partial charge in [-0.05, 0) is 82.9 Å². The summed E-state index contributed by atoms with van der Waals surface area (Å²) < 4.78 is 176. The smallest absolute Gasteiger partial charge is 0.416 e. The molecule has 0 bridgehead atoms. The number of rotatable bonds is 2. The number of hydrogen-bond acceptors (Lipinski definition) is 6. The van der Waals surface area contributed by atoms with E-state index in [1.54, 1.807) is 24.3 Å². The maximum Gasteiger partial charge on any atom is 0.416 e. The molecule has 6 nitrogen and oxygen atoms in total. The molecule has 0 atom stereocenters. The quantitative estimate of drug-likeness (QED) is 0.160. The molecule has 18 heteroatoms. The summed E-state index contributed by atoms with van der Waals surface area (Å²) in [7, 11) is 0. The highest BCUT2D eigenvalue weighted by molar-refractivity contribution is 6.18. The number of fused-ring (bicyclic) bond motifs is 6. The minimum atomic E-state index is -5.18. The predicted molar refractivity (Wildman–Crippen MR) is 180 cm³/mol. The van der Waals surface area contributed by atoms with E-state index in [1.807, 2.05) is 0 Å². The van der Waals surface area contributed by atoms with Crippen LogP contribution in [0.3, 0.4) is 0 Å². The Morgan fingerprint density at radius 1 is 0.397 bits per heavy atom. The fourth-order valence-electron chi connectivity index (χ4n) is 6.62. The van der Waals surface area contributed by atoms with Gasteiger partial charge in [0.05, 0.1) is 32.7 Å². The molecule has 288 valence electrons. The molecule has 5 aromatic carbocycles. The van der Waals surface area contributed by atoms with Crippen LogP contribution in [0, 0.1) is 45.3 Å². The van der Waals surface area contributed by atoms with E-state index in [1.165, 1.54) is 12.1 Å². The van der Waals surface area contributed by atoms with Crippen molar-refractivity contribution in [3.05, 3.63) is 105 Å². The molecule has 7 rings (SSSR count). The van der Waals surface area contributed by atoms with Gasteiger partial charge in [-0.1, -0.05) is 12.1 Å². The summed E-state index contributed by atoms with van der Waals surface area (Å²) in [6, 6.07) is 15.2. The highest BCUT2D eigenvalue weighted by Gasteiger charge is 2.38. The second-order valence-electron chi connectivity index (χ2n) is 12.6.